The molecule has 0 atom stereocenters. The lowest BCUT2D eigenvalue weighted by Crippen LogP contribution is -2.27. The largest absolute Gasteiger partial charge is 0.370 e. The van der Waals surface area contributed by atoms with Crippen LogP contribution in [-0.2, 0) is 0 Å². The third kappa shape index (κ3) is 4.34. The van der Waals surface area contributed by atoms with Crippen LogP contribution < -0.4 is 11.1 Å². The van der Waals surface area contributed by atoms with Gasteiger partial charge in [-0.05, 0) is 57.9 Å². The van der Waals surface area contributed by atoms with Gasteiger partial charge in [-0.3, -0.25) is 0 Å². The fourth-order valence-electron chi connectivity index (χ4n) is 1.58. The molecule has 0 aliphatic heterocycles. The van der Waals surface area contributed by atoms with E-state index in [2.05, 4.69) is 42.4 Å². The molecule has 0 amide bonds. The summed E-state index contributed by atoms with van der Waals surface area (Å²) < 4.78 is 0. The summed E-state index contributed by atoms with van der Waals surface area (Å²) in [7, 11) is 0. The van der Waals surface area contributed by atoms with E-state index in [-0.39, 0.29) is 5.54 Å². The van der Waals surface area contributed by atoms with Crippen LogP contribution in [0.4, 0.5) is 5.69 Å². The highest BCUT2D eigenvalue weighted by molar-refractivity contribution is 5.92. The molecule has 3 nitrogen and oxygen atoms in total. The predicted octanol–water partition coefficient (Wildman–Crippen LogP) is 2.83. The van der Waals surface area contributed by atoms with Crippen molar-refractivity contribution in [3.8, 4) is 0 Å². The first kappa shape index (κ1) is 12.6. The van der Waals surface area contributed by atoms with E-state index in [1.807, 2.05) is 20.8 Å². The number of aliphatic imine (C=N–C) groups is 1. The van der Waals surface area contributed by atoms with E-state index in [9.17, 15) is 0 Å². The van der Waals surface area contributed by atoms with Crippen LogP contribution in [0.3, 0.4) is 0 Å². The minimum Gasteiger partial charge on any atom is -0.370 e. The molecule has 0 heterocycles. The van der Waals surface area contributed by atoms with Gasteiger partial charge in [0.05, 0.1) is 5.54 Å². The summed E-state index contributed by atoms with van der Waals surface area (Å²) in [5.74, 6) is 0.456. The molecule has 1 aromatic carbocycles. The Balaban J connectivity index is 2.85. The fraction of sp³-hybridized carbons (Fsp3) is 0.462. The van der Waals surface area contributed by atoms with Gasteiger partial charge in [0, 0.05) is 5.69 Å². The Morgan fingerprint density at radius 2 is 1.62 bits per heavy atom. The molecule has 0 radical (unpaired) electrons. The second-order valence-electron chi connectivity index (χ2n) is 5.17. The Morgan fingerprint density at radius 3 is 2.06 bits per heavy atom. The predicted molar refractivity (Wildman–Crippen MR) is 70.9 cm³/mol. The van der Waals surface area contributed by atoms with Crippen molar-refractivity contribution in [3.63, 3.8) is 0 Å². The van der Waals surface area contributed by atoms with Gasteiger partial charge in [0.25, 0.3) is 0 Å². The lowest BCUT2D eigenvalue weighted by molar-refractivity contribution is 0.583. The van der Waals surface area contributed by atoms with Crippen molar-refractivity contribution < 1.29 is 0 Å². The summed E-state index contributed by atoms with van der Waals surface area (Å²) in [5, 5.41) is 3.11. The average Bonchev–Trinajstić information content (AvgIpc) is 1.96. The van der Waals surface area contributed by atoms with Crippen LogP contribution in [0.15, 0.2) is 23.2 Å². The number of nitrogens with one attached hydrogen (secondary N) is 1. The quantitative estimate of drug-likeness (QED) is 0.563. The molecule has 0 spiro atoms. The molecule has 0 aliphatic carbocycles. The van der Waals surface area contributed by atoms with E-state index in [0.717, 1.165) is 5.69 Å². The highest BCUT2D eigenvalue weighted by atomic mass is 15.1. The third-order valence-corrected chi connectivity index (χ3v) is 1.95. The van der Waals surface area contributed by atoms with E-state index in [4.69, 9.17) is 5.73 Å². The summed E-state index contributed by atoms with van der Waals surface area (Å²) >= 11 is 0. The number of guanidine groups is 1. The van der Waals surface area contributed by atoms with E-state index >= 15 is 0 Å². The van der Waals surface area contributed by atoms with E-state index in [1.54, 1.807) is 0 Å². The number of benzene rings is 1. The highest BCUT2D eigenvalue weighted by Gasteiger charge is 2.08. The van der Waals surface area contributed by atoms with Crippen LogP contribution >= 0.6 is 0 Å². The monoisotopic (exact) mass is 219 g/mol. The van der Waals surface area contributed by atoms with Crippen LogP contribution in [0.2, 0.25) is 0 Å². The number of nitrogens with two attached hydrogens (primary N) is 1. The minimum absolute atomic E-state index is 0.157. The smallest absolute Gasteiger partial charge is 0.193 e. The topological polar surface area (TPSA) is 50.4 Å². The normalized spacial score (nSPS) is 12.7. The zero-order chi connectivity index (χ0) is 12.3. The first-order chi connectivity index (χ1) is 7.26. The lowest BCUT2D eigenvalue weighted by atomic mass is 10.1. The van der Waals surface area contributed by atoms with Crippen molar-refractivity contribution in [1.82, 2.24) is 0 Å². The highest BCUT2D eigenvalue weighted by Crippen LogP contribution is 2.14. The standard InChI is InChI=1S/C13H21N3/c1-9-6-10(2)8-11(7-9)15-12(14)16-13(3,4)5/h6-8H,1-5H3,(H3,14,15,16). The minimum atomic E-state index is -0.157. The fourth-order valence-corrected chi connectivity index (χ4v) is 1.58. The molecule has 0 fully saturated rings. The summed E-state index contributed by atoms with van der Waals surface area (Å²) in [6, 6.07) is 6.23. The van der Waals surface area contributed by atoms with Gasteiger partial charge in [0.1, 0.15) is 0 Å². The van der Waals surface area contributed by atoms with Gasteiger partial charge in [0.15, 0.2) is 5.96 Å². The molecule has 1 aromatic rings. The molecule has 3 N–H and O–H groups in total. The van der Waals surface area contributed by atoms with Gasteiger partial charge in [0.2, 0.25) is 0 Å². The van der Waals surface area contributed by atoms with Gasteiger partial charge >= 0.3 is 0 Å². The van der Waals surface area contributed by atoms with E-state index < -0.39 is 0 Å². The van der Waals surface area contributed by atoms with Crippen molar-refractivity contribution in [2.75, 3.05) is 5.32 Å². The van der Waals surface area contributed by atoms with Gasteiger partial charge in [-0.25, -0.2) is 4.99 Å². The summed E-state index contributed by atoms with van der Waals surface area (Å²) in [6.07, 6.45) is 0. The van der Waals surface area contributed by atoms with Gasteiger partial charge in [-0.2, -0.15) is 0 Å². The summed E-state index contributed by atoms with van der Waals surface area (Å²) in [4.78, 5) is 4.35. The molecular formula is C13H21N3. The molecule has 0 bridgehead atoms. The summed E-state index contributed by atoms with van der Waals surface area (Å²) in [5.41, 5.74) is 9.09. The summed E-state index contributed by atoms with van der Waals surface area (Å²) in [6.45, 7) is 10.2. The number of nitrogens with zero attached hydrogens (tertiary/aromatic N) is 1. The molecule has 0 saturated carbocycles. The molecule has 16 heavy (non-hydrogen) atoms. The second-order valence-corrected chi connectivity index (χ2v) is 5.17. The Bertz CT molecular complexity index is 380. The van der Waals surface area contributed by atoms with Crippen LogP contribution in [-0.4, -0.2) is 11.5 Å². The zero-order valence-electron chi connectivity index (χ0n) is 10.8. The van der Waals surface area contributed by atoms with E-state index in [0.29, 0.717) is 5.96 Å². The Morgan fingerprint density at radius 1 is 1.12 bits per heavy atom. The molecule has 0 saturated heterocycles. The van der Waals surface area contributed by atoms with Crippen LogP contribution in [0.1, 0.15) is 31.9 Å². The number of hydrogen-bond acceptors (Lipinski definition) is 1. The van der Waals surface area contributed by atoms with Gasteiger partial charge in [-0.15, -0.1) is 0 Å². The lowest BCUT2D eigenvalue weighted by Gasteiger charge is -2.15. The molecule has 88 valence electrons. The molecule has 0 unspecified atom stereocenters. The van der Waals surface area contributed by atoms with Crippen molar-refractivity contribution in [2.45, 2.75) is 40.2 Å². The molecule has 0 aromatic heterocycles. The SMILES string of the molecule is Cc1cc(C)cc(NC(N)=NC(C)(C)C)c1. The molecular weight excluding hydrogens is 198 g/mol. The Kier molecular flexibility index (Phi) is 3.58. The Hall–Kier alpha value is -1.51. The van der Waals surface area contributed by atoms with Crippen molar-refractivity contribution in [2.24, 2.45) is 10.7 Å². The maximum absolute atomic E-state index is 5.83. The van der Waals surface area contributed by atoms with Crippen LogP contribution in [0, 0.1) is 13.8 Å². The molecule has 3 heteroatoms. The number of hydrogen-bond donors (Lipinski definition) is 2. The molecule has 1 rings (SSSR count). The van der Waals surface area contributed by atoms with Gasteiger partial charge < -0.3 is 11.1 Å². The maximum atomic E-state index is 5.83. The van der Waals surface area contributed by atoms with Crippen LogP contribution in [0.25, 0.3) is 0 Å². The average molecular weight is 219 g/mol. The second kappa shape index (κ2) is 4.56. The van der Waals surface area contributed by atoms with Crippen LogP contribution in [0.5, 0.6) is 0 Å². The maximum Gasteiger partial charge on any atom is 0.193 e. The number of aryl methyl sites for hydroxylation is 2. The Labute approximate surface area is 97.8 Å². The zero-order valence-corrected chi connectivity index (χ0v) is 10.8. The number of anilines is 1. The third-order valence-electron chi connectivity index (χ3n) is 1.95. The first-order valence-corrected chi connectivity index (χ1v) is 5.47. The van der Waals surface area contributed by atoms with Crippen molar-refractivity contribution in [1.29, 1.82) is 0 Å². The first-order valence-electron chi connectivity index (χ1n) is 5.47. The van der Waals surface area contributed by atoms with Crippen molar-refractivity contribution >= 4 is 11.6 Å². The molecule has 0 aliphatic rings. The van der Waals surface area contributed by atoms with Crippen molar-refractivity contribution in [3.05, 3.63) is 29.3 Å². The van der Waals surface area contributed by atoms with E-state index in [1.165, 1.54) is 11.1 Å². The number of rotatable bonds is 1. The van der Waals surface area contributed by atoms with Gasteiger partial charge in [-0.1, -0.05) is 6.07 Å².